The fraction of sp³-hybridized carbons (Fsp3) is 0.217. The van der Waals surface area contributed by atoms with Gasteiger partial charge in [-0.25, -0.2) is 4.79 Å². The number of nitrogens with zero attached hydrogens (tertiary/aromatic N) is 3. The molecule has 3 heterocycles. The molecule has 0 bridgehead atoms. The van der Waals surface area contributed by atoms with Crippen molar-refractivity contribution in [3.8, 4) is 0 Å². The molecule has 0 N–H and O–H groups in total. The van der Waals surface area contributed by atoms with Crippen LogP contribution in [0.15, 0.2) is 59.8 Å². The van der Waals surface area contributed by atoms with Crippen LogP contribution in [0.25, 0.3) is 6.08 Å². The number of ether oxygens (including phenoxy) is 2. The van der Waals surface area contributed by atoms with Crippen molar-refractivity contribution in [2.24, 2.45) is 0 Å². The maximum atomic E-state index is 14.8. The van der Waals surface area contributed by atoms with E-state index < -0.39 is 51.8 Å². The Morgan fingerprint density at radius 1 is 1.20 bits per heavy atom. The third-order valence-corrected chi connectivity index (χ3v) is 6.21. The number of carbonyl (C=O) groups excluding carboxylic acids is 2. The van der Waals surface area contributed by atoms with Crippen LogP contribution < -0.4 is 9.80 Å². The molecule has 0 unspecified atom stereocenters. The van der Waals surface area contributed by atoms with E-state index in [9.17, 15) is 32.9 Å². The Hall–Kier alpha value is -4.19. The number of halogens is 3. The first-order valence-corrected chi connectivity index (χ1v) is 10.2. The average Bonchev–Trinajstić information content (AvgIpc) is 3.03. The number of nitro groups is 1. The molecule has 3 aliphatic heterocycles. The molecule has 1 spiro atoms. The monoisotopic (exact) mass is 487 g/mol. The summed E-state index contributed by atoms with van der Waals surface area (Å²) in [6, 6.07) is 9.46. The second-order valence-corrected chi connectivity index (χ2v) is 8.01. The number of fused-ring (bicyclic) bond motifs is 5. The second-order valence-electron chi connectivity index (χ2n) is 8.01. The van der Waals surface area contributed by atoms with Gasteiger partial charge in [-0.3, -0.25) is 14.9 Å². The summed E-state index contributed by atoms with van der Waals surface area (Å²) in [5, 5.41) is 11.5. The molecule has 2 atom stereocenters. The van der Waals surface area contributed by atoms with E-state index in [4.69, 9.17) is 9.47 Å². The van der Waals surface area contributed by atoms with Crippen LogP contribution >= 0.6 is 0 Å². The zero-order valence-electron chi connectivity index (χ0n) is 18.2. The molecule has 2 aromatic rings. The summed E-state index contributed by atoms with van der Waals surface area (Å²) in [6.45, 7) is 0. The maximum Gasteiger partial charge on any atom is 0.432 e. The van der Waals surface area contributed by atoms with Crippen LogP contribution in [0.1, 0.15) is 11.1 Å². The number of hydrogen-bond donors (Lipinski definition) is 0. The van der Waals surface area contributed by atoms with Gasteiger partial charge in [0.1, 0.15) is 11.3 Å². The minimum Gasteiger partial charge on any atom is -0.466 e. The molecule has 180 valence electrons. The van der Waals surface area contributed by atoms with Gasteiger partial charge < -0.3 is 19.3 Å². The lowest BCUT2D eigenvalue weighted by Crippen LogP contribution is -2.58. The van der Waals surface area contributed by atoms with Crippen molar-refractivity contribution in [2.45, 2.75) is 18.0 Å². The molecule has 0 saturated heterocycles. The predicted molar refractivity (Wildman–Crippen MR) is 116 cm³/mol. The number of rotatable bonds is 2. The lowest BCUT2D eigenvalue weighted by molar-refractivity contribution is -0.385. The van der Waals surface area contributed by atoms with E-state index >= 15 is 0 Å². The van der Waals surface area contributed by atoms with Crippen LogP contribution in [-0.2, 0) is 24.7 Å². The molecule has 0 fully saturated rings. The minimum atomic E-state index is -5.14. The van der Waals surface area contributed by atoms with Crippen LogP contribution in [-0.4, -0.2) is 43.4 Å². The summed E-state index contributed by atoms with van der Waals surface area (Å²) in [4.78, 5) is 39.2. The molecule has 35 heavy (non-hydrogen) atoms. The normalized spacial score (nSPS) is 22.8. The lowest BCUT2D eigenvalue weighted by atomic mass is 9.82. The van der Waals surface area contributed by atoms with Crippen LogP contribution in [0.5, 0.6) is 0 Å². The Morgan fingerprint density at radius 3 is 2.57 bits per heavy atom. The highest BCUT2D eigenvalue weighted by Crippen LogP contribution is 2.56. The van der Waals surface area contributed by atoms with Crippen molar-refractivity contribution in [3.05, 3.63) is 81.1 Å². The topological polar surface area (TPSA) is 102 Å². The maximum absolute atomic E-state index is 14.8. The molecule has 0 aromatic heterocycles. The van der Waals surface area contributed by atoms with Crippen molar-refractivity contribution >= 4 is 35.0 Å². The van der Waals surface area contributed by atoms with Gasteiger partial charge in [-0.1, -0.05) is 24.3 Å². The number of esters is 1. The van der Waals surface area contributed by atoms with E-state index in [1.54, 1.807) is 18.2 Å². The van der Waals surface area contributed by atoms with Gasteiger partial charge in [-0.2, -0.15) is 13.2 Å². The number of benzene rings is 2. The number of alkyl halides is 3. The van der Waals surface area contributed by atoms with Crippen molar-refractivity contribution in [1.29, 1.82) is 0 Å². The first-order chi connectivity index (χ1) is 16.5. The number of non-ortho nitro benzene ring substituents is 1. The Balaban J connectivity index is 1.92. The summed E-state index contributed by atoms with van der Waals surface area (Å²) in [5.41, 5.74) is -5.33. The van der Waals surface area contributed by atoms with Crippen LogP contribution in [0.2, 0.25) is 0 Å². The SMILES string of the molecule is COC(=O)C1=C(C(F)(F)F)N2c3ccccc3C=C[C@H]2O[C@@]12C(=O)N(C)c1ccc([N+](=O)[O-])cc12. The van der Waals surface area contributed by atoms with E-state index in [0.717, 1.165) is 29.0 Å². The summed E-state index contributed by atoms with van der Waals surface area (Å²) >= 11 is 0. The summed E-state index contributed by atoms with van der Waals surface area (Å²) in [5.74, 6) is -2.47. The van der Waals surface area contributed by atoms with Crippen LogP contribution in [0.3, 0.4) is 0 Å². The second kappa shape index (κ2) is 7.40. The van der Waals surface area contributed by atoms with E-state index in [1.165, 1.54) is 31.3 Å². The van der Waals surface area contributed by atoms with Crippen LogP contribution in [0.4, 0.5) is 30.2 Å². The number of carbonyl (C=O) groups is 2. The number of nitro benzene ring substituents is 1. The summed E-state index contributed by atoms with van der Waals surface area (Å²) < 4.78 is 55.1. The van der Waals surface area contributed by atoms with Gasteiger partial charge in [0.25, 0.3) is 11.6 Å². The van der Waals surface area contributed by atoms with Crippen molar-refractivity contribution in [3.63, 3.8) is 0 Å². The standard InChI is InChI=1S/C23H16F3N3O6/c1-27-16-9-8-13(29(32)33)11-14(16)22(21(27)31)18(20(30)34-2)19(23(24,25)26)28-15-6-4-3-5-12(15)7-10-17(28)35-22/h3-11,17H,1-2H3/t17-,22-/m1/s1. The van der Waals surface area contributed by atoms with E-state index in [-0.39, 0.29) is 16.9 Å². The van der Waals surface area contributed by atoms with Gasteiger partial charge in [-0.05, 0) is 23.8 Å². The largest absolute Gasteiger partial charge is 0.466 e. The first kappa shape index (κ1) is 22.6. The summed E-state index contributed by atoms with van der Waals surface area (Å²) in [6.07, 6.45) is -3.73. The third kappa shape index (κ3) is 2.99. The molecule has 12 heteroatoms. The molecular formula is C23H16F3N3O6. The number of anilines is 2. The van der Waals surface area contributed by atoms with Crippen LogP contribution in [0, 0.1) is 10.1 Å². The first-order valence-electron chi connectivity index (χ1n) is 10.2. The predicted octanol–water partition coefficient (Wildman–Crippen LogP) is 3.65. The van der Waals surface area contributed by atoms with E-state index in [0.29, 0.717) is 5.56 Å². The highest BCUT2D eigenvalue weighted by Gasteiger charge is 2.65. The Morgan fingerprint density at radius 2 is 1.91 bits per heavy atom. The quantitative estimate of drug-likeness (QED) is 0.362. The van der Waals surface area contributed by atoms with Gasteiger partial charge >= 0.3 is 12.1 Å². The number of likely N-dealkylation sites (N-methyl/N-ethyl adjacent to an activating group) is 1. The number of allylic oxidation sites excluding steroid dienone is 1. The van der Waals surface area contributed by atoms with Gasteiger partial charge in [-0.15, -0.1) is 0 Å². The molecule has 5 rings (SSSR count). The minimum absolute atomic E-state index is 0.0668. The number of amides is 1. The Kier molecular flexibility index (Phi) is 4.78. The molecule has 0 saturated carbocycles. The molecule has 0 radical (unpaired) electrons. The smallest absolute Gasteiger partial charge is 0.432 e. The summed E-state index contributed by atoms with van der Waals surface area (Å²) in [7, 11) is 2.16. The fourth-order valence-corrected chi connectivity index (χ4v) is 4.77. The average molecular weight is 487 g/mol. The van der Waals surface area contributed by atoms with Crippen molar-refractivity contribution < 1.29 is 37.2 Å². The van der Waals surface area contributed by atoms with E-state index in [1.807, 2.05) is 0 Å². The molecule has 2 aromatic carbocycles. The zero-order valence-corrected chi connectivity index (χ0v) is 18.2. The number of para-hydroxylation sites is 1. The molecule has 9 nitrogen and oxygen atoms in total. The highest BCUT2D eigenvalue weighted by atomic mass is 19.4. The number of hydrogen-bond acceptors (Lipinski definition) is 7. The van der Waals surface area contributed by atoms with Crippen molar-refractivity contribution in [1.82, 2.24) is 0 Å². The number of methoxy groups -OCH3 is 1. The molecule has 1 amide bonds. The fourth-order valence-electron chi connectivity index (χ4n) is 4.77. The lowest BCUT2D eigenvalue weighted by Gasteiger charge is -2.47. The van der Waals surface area contributed by atoms with Gasteiger partial charge in [0, 0.05) is 24.7 Å². The van der Waals surface area contributed by atoms with E-state index in [2.05, 4.69) is 0 Å². The third-order valence-electron chi connectivity index (χ3n) is 6.21. The Bertz CT molecular complexity index is 1370. The molecule has 3 aliphatic rings. The van der Waals surface area contributed by atoms with Gasteiger partial charge in [0.2, 0.25) is 5.60 Å². The Labute approximate surface area is 195 Å². The van der Waals surface area contributed by atoms with Crippen molar-refractivity contribution in [2.75, 3.05) is 24.0 Å². The molecular weight excluding hydrogens is 471 g/mol. The highest BCUT2D eigenvalue weighted by molar-refractivity contribution is 6.15. The van der Waals surface area contributed by atoms with Gasteiger partial charge in [0.15, 0.2) is 6.23 Å². The van der Waals surface area contributed by atoms with Gasteiger partial charge in [0.05, 0.1) is 23.4 Å². The zero-order chi connectivity index (χ0) is 25.3. The molecule has 0 aliphatic carbocycles.